The maximum absolute atomic E-state index is 12.5. The molecule has 1 nitrogen and oxygen atoms in total. The molecule has 1 aliphatic rings. The Labute approximate surface area is 171 Å². The molecule has 0 bridgehead atoms. The van der Waals surface area contributed by atoms with Crippen LogP contribution >= 0.6 is 0 Å². The molecule has 2 aromatic rings. The van der Waals surface area contributed by atoms with Crippen LogP contribution in [0.5, 0.6) is 0 Å². The fraction of sp³-hybridized carbons (Fsp3) is 0.480. The van der Waals surface area contributed by atoms with E-state index in [-0.39, 0.29) is 5.56 Å². The first-order valence-corrected chi connectivity index (χ1v) is 10.7. The molecule has 0 aliphatic heterocycles. The summed E-state index contributed by atoms with van der Waals surface area (Å²) in [6, 6.07) is 14.0. The second-order valence-corrected chi connectivity index (χ2v) is 8.24. The van der Waals surface area contributed by atoms with Gasteiger partial charge in [-0.3, -0.25) is 4.79 Å². The van der Waals surface area contributed by atoms with E-state index in [0.29, 0.717) is 5.92 Å². The van der Waals surface area contributed by atoms with Crippen molar-refractivity contribution in [2.24, 2.45) is 5.92 Å². The Kier molecular flexibility index (Phi) is 7.15. The highest BCUT2D eigenvalue weighted by atomic mass is 19.4. The lowest BCUT2D eigenvalue weighted by Crippen LogP contribution is -2.22. The van der Waals surface area contributed by atoms with Crippen molar-refractivity contribution in [2.75, 3.05) is 0 Å². The van der Waals surface area contributed by atoms with Gasteiger partial charge in [0.2, 0.25) is 0 Å². The van der Waals surface area contributed by atoms with Gasteiger partial charge in [0, 0.05) is 5.56 Å². The zero-order valence-electron chi connectivity index (χ0n) is 17.0. The van der Waals surface area contributed by atoms with E-state index < -0.39 is 12.0 Å². The molecule has 1 aliphatic carbocycles. The number of rotatable bonds is 7. The minimum Gasteiger partial charge on any atom is -0.284 e. The molecule has 0 atom stereocenters. The predicted molar refractivity (Wildman–Crippen MR) is 111 cm³/mol. The number of ketones is 1. The molecule has 0 spiro atoms. The Balaban J connectivity index is 1.59. The lowest BCUT2D eigenvalue weighted by atomic mass is 9.77. The van der Waals surface area contributed by atoms with Gasteiger partial charge in [0.05, 0.1) is 0 Å². The standard InChI is InChI=1S/C25H29F3O/c1-2-3-4-5-18-6-8-19(9-7-18)20-10-12-21(13-11-20)22-14-16-23(17-15-22)24(29)25(26,27)28/h10-19H,2-9H2,1H3/t18-,19-. The molecule has 0 unspecified atom stereocenters. The number of unbranched alkanes of at least 4 members (excludes halogenated alkanes) is 2. The monoisotopic (exact) mass is 402 g/mol. The molecule has 0 N–H and O–H groups in total. The summed E-state index contributed by atoms with van der Waals surface area (Å²) < 4.78 is 37.6. The Bertz CT molecular complexity index is 782. The number of carbonyl (C=O) groups excluding carboxylic acids is 1. The van der Waals surface area contributed by atoms with Gasteiger partial charge in [-0.15, -0.1) is 0 Å². The van der Waals surface area contributed by atoms with Crippen molar-refractivity contribution in [3.8, 4) is 11.1 Å². The lowest BCUT2D eigenvalue weighted by molar-refractivity contribution is -0.0885. The number of hydrogen-bond acceptors (Lipinski definition) is 1. The molecule has 2 aromatic carbocycles. The summed E-state index contributed by atoms with van der Waals surface area (Å²) in [6.07, 6.45) is 5.61. The Hall–Kier alpha value is -2.10. The summed E-state index contributed by atoms with van der Waals surface area (Å²) in [4.78, 5) is 11.3. The third kappa shape index (κ3) is 5.71. The topological polar surface area (TPSA) is 17.1 Å². The zero-order chi connectivity index (χ0) is 20.9. The van der Waals surface area contributed by atoms with Gasteiger partial charge in [-0.05, 0) is 54.2 Å². The Morgan fingerprint density at radius 2 is 1.41 bits per heavy atom. The molecular weight excluding hydrogens is 373 g/mol. The van der Waals surface area contributed by atoms with Gasteiger partial charge < -0.3 is 0 Å². The van der Waals surface area contributed by atoms with Crippen LogP contribution in [-0.2, 0) is 0 Å². The van der Waals surface area contributed by atoms with Crippen LogP contribution in [0.4, 0.5) is 13.2 Å². The highest BCUT2D eigenvalue weighted by Gasteiger charge is 2.39. The van der Waals surface area contributed by atoms with Gasteiger partial charge >= 0.3 is 6.18 Å². The van der Waals surface area contributed by atoms with Crippen LogP contribution in [0.3, 0.4) is 0 Å². The molecule has 29 heavy (non-hydrogen) atoms. The summed E-state index contributed by atoms with van der Waals surface area (Å²) in [7, 11) is 0. The van der Waals surface area contributed by atoms with Crippen molar-refractivity contribution < 1.29 is 18.0 Å². The van der Waals surface area contributed by atoms with Crippen LogP contribution in [0.2, 0.25) is 0 Å². The quantitative estimate of drug-likeness (QED) is 0.339. The molecular formula is C25H29F3O. The molecule has 0 amide bonds. The van der Waals surface area contributed by atoms with Crippen LogP contribution in [0.25, 0.3) is 11.1 Å². The summed E-state index contributed by atoms with van der Waals surface area (Å²) in [5.74, 6) is -0.307. The number of Topliss-reactive ketones (excluding diaryl/α,β-unsaturated/α-hetero) is 1. The van der Waals surface area contributed by atoms with E-state index in [0.717, 1.165) is 17.0 Å². The first-order valence-electron chi connectivity index (χ1n) is 10.7. The molecule has 156 valence electrons. The van der Waals surface area contributed by atoms with Crippen LogP contribution in [0, 0.1) is 5.92 Å². The van der Waals surface area contributed by atoms with Gasteiger partial charge in [0.15, 0.2) is 0 Å². The average molecular weight is 403 g/mol. The molecule has 0 heterocycles. The number of carbonyl (C=O) groups is 1. The van der Waals surface area contributed by atoms with E-state index in [4.69, 9.17) is 0 Å². The summed E-state index contributed by atoms with van der Waals surface area (Å²) in [6.45, 7) is 2.25. The molecule has 1 fully saturated rings. The van der Waals surface area contributed by atoms with E-state index >= 15 is 0 Å². The van der Waals surface area contributed by atoms with Crippen LogP contribution in [0.15, 0.2) is 48.5 Å². The number of benzene rings is 2. The number of hydrogen-bond donors (Lipinski definition) is 0. The van der Waals surface area contributed by atoms with Crippen LogP contribution in [-0.4, -0.2) is 12.0 Å². The molecule has 4 heteroatoms. The fourth-order valence-corrected chi connectivity index (χ4v) is 4.39. The first-order chi connectivity index (χ1) is 13.9. The maximum atomic E-state index is 12.5. The molecule has 0 radical (unpaired) electrons. The number of alkyl halides is 3. The van der Waals surface area contributed by atoms with E-state index in [1.807, 2.05) is 12.1 Å². The highest BCUT2D eigenvalue weighted by Crippen LogP contribution is 2.38. The molecule has 1 saturated carbocycles. The van der Waals surface area contributed by atoms with E-state index in [2.05, 4.69) is 19.1 Å². The van der Waals surface area contributed by atoms with Crippen LogP contribution in [0.1, 0.15) is 80.1 Å². The van der Waals surface area contributed by atoms with Crippen molar-refractivity contribution in [3.05, 3.63) is 59.7 Å². The summed E-state index contributed by atoms with van der Waals surface area (Å²) in [5.41, 5.74) is 2.79. The number of halogens is 3. The minimum atomic E-state index is -4.84. The highest BCUT2D eigenvalue weighted by molar-refractivity contribution is 6.00. The van der Waals surface area contributed by atoms with E-state index in [1.54, 1.807) is 12.1 Å². The van der Waals surface area contributed by atoms with E-state index in [9.17, 15) is 18.0 Å². The van der Waals surface area contributed by atoms with Crippen LogP contribution < -0.4 is 0 Å². The fourth-order valence-electron chi connectivity index (χ4n) is 4.39. The third-order valence-corrected chi connectivity index (χ3v) is 6.18. The van der Waals surface area contributed by atoms with Gasteiger partial charge in [0.1, 0.15) is 0 Å². The zero-order valence-corrected chi connectivity index (χ0v) is 17.0. The van der Waals surface area contributed by atoms with Crippen molar-refractivity contribution in [1.82, 2.24) is 0 Å². The van der Waals surface area contributed by atoms with Gasteiger partial charge in [-0.1, -0.05) is 81.1 Å². The third-order valence-electron chi connectivity index (χ3n) is 6.18. The Morgan fingerprint density at radius 1 is 0.862 bits per heavy atom. The maximum Gasteiger partial charge on any atom is 0.454 e. The van der Waals surface area contributed by atoms with Crippen molar-refractivity contribution in [3.63, 3.8) is 0 Å². The van der Waals surface area contributed by atoms with Gasteiger partial charge in [-0.2, -0.15) is 13.2 Å². The minimum absolute atomic E-state index is 0.325. The SMILES string of the molecule is CCCCC[C@H]1CC[C@H](c2ccc(-c3ccc(C(=O)C(F)(F)F)cc3)cc2)CC1. The lowest BCUT2D eigenvalue weighted by Gasteiger charge is -2.29. The van der Waals surface area contributed by atoms with Crippen molar-refractivity contribution in [2.45, 2.75) is 70.4 Å². The second-order valence-electron chi connectivity index (χ2n) is 8.24. The normalized spacial score (nSPS) is 19.9. The first kappa shape index (κ1) is 21.6. The van der Waals surface area contributed by atoms with Crippen molar-refractivity contribution in [1.29, 1.82) is 0 Å². The van der Waals surface area contributed by atoms with Crippen molar-refractivity contribution >= 4 is 5.78 Å². The predicted octanol–water partition coefficient (Wildman–Crippen LogP) is 7.95. The van der Waals surface area contributed by atoms with Gasteiger partial charge in [-0.25, -0.2) is 0 Å². The smallest absolute Gasteiger partial charge is 0.284 e. The summed E-state index contributed by atoms with van der Waals surface area (Å²) >= 11 is 0. The Morgan fingerprint density at radius 3 is 1.93 bits per heavy atom. The summed E-state index contributed by atoms with van der Waals surface area (Å²) in [5, 5.41) is 0. The second kappa shape index (κ2) is 9.60. The largest absolute Gasteiger partial charge is 0.454 e. The molecule has 0 aromatic heterocycles. The van der Waals surface area contributed by atoms with E-state index in [1.165, 1.54) is 69.1 Å². The molecule has 3 rings (SSSR count). The average Bonchev–Trinajstić information content (AvgIpc) is 2.73. The molecule has 0 saturated heterocycles. The van der Waals surface area contributed by atoms with Gasteiger partial charge in [0.25, 0.3) is 5.78 Å².